The van der Waals surface area contributed by atoms with Crippen LogP contribution in [0.2, 0.25) is 0 Å². The van der Waals surface area contributed by atoms with Crippen molar-refractivity contribution >= 4 is 5.96 Å². The molecule has 2 atom stereocenters. The van der Waals surface area contributed by atoms with Crippen LogP contribution in [0.4, 0.5) is 4.39 Å². The van der Waals surface area contributed by atoms with E-state index in [4.69, 9.17) is 0 Å². The van der Waals surface area contributed by atoms with E-state index in [2.05, 4.69) is 50.9 Å². The number of fused-ring (bicyclic) bond motifs is 2. The van der Waals surface area contributed by atoms with Crippen LogP contribution >= 0.6 is 0 Å². The van der Waals surface area contributed by atoms with Gasteiger partial charge < -0.3 is 15.7 Å². The molecule has 2 aliphatic heterocycles. The summed E-state index contributed by atoms with van der Waals surface area (Å²) in [5, 5.41) is 16.3. The molecule has 2 aliphatic rings. The van der Waals surface area contributed by atoms with Gasteiger partial charge >= 0.3 is 0 Å². The summed E-state index contributed by atoms with van der Waals surface area (Å²) in [6, 6.07) is 16.8. The van der Waals surface area contributed by atoms with Crippen LogP contribution in [-0.4, -0.2) is 40.6 Å². The normalized spacial score (nSPS) is 24.1. The summed E-state index contributed by atoms with van der Waals surface area (Å²) in [6.45, 7) is 4.22. The standard InChI is InChI=1S/C24H31FN4O/c1-2-26-24(27-15-18-8-11-23(30)22(25)12-18)28-19-13-20-9-10-21(14-19)29(20)16-17-6-4-3-5-7-17/h3-8,11-12,19-21,30H,2,9-10,13-16H2,1H3,(H2,26,27,28). The fraction of sp³-hybridized carbons (Fsp3) is 0.458. The molecule has 0 amide bonds. The van der Waals surface area contributed by atoms with Crippen molar-refractivity contribution in [1.29, 1.82) is 0 Å². The Hall–Kier alpha value is -2.60. The van der Waals surface area contributed by atoms with Crippen molar-refractivity contribution in [3.8, 4) is 5.75 Å². The van der Waals surface area contributed by atoms with Crippen LogP contribution < -0.4 is 10.6 Å². The maximum Gasteiger partial charge on any atom is 0.191 e. The third-order valence-electron chi connectivity index (χ3n) is 6.21. The first-order valence-corrected chi connectivity index (χ1v) is 10.9. The second-order valence-corrected chi connectivity index (χ2v) is 8.34. The van der Waals surface area contributed by atoms with Crippen LogP contribution in [0.15, 0.2) is 53.5 Å². The number of nitrogens with zero attached hydrogens (tertiary/aromatic N) is 2. The zero-order valence-corrected chi connectivity index (χ0v) is 17.5. The Morgan fingerprint density at radius 1 is 1.10 bits per heavy atom. The molecular weight excluding hydrogens is 379 g/mol. The molecule has 160 valence electrons. The van der Waals surface area contributed by atoms with E-state index in [9.17, 15) is 9.50 Å². The average molecular weight is 411 g/mol. The van der Waals surface area contributed by atoms with Crippen LogP contribution in [0.5, 0.6) is 5.75 Å². The molecule has 0 radical (unpaired) electrons. The summed E-state index contributed by atoms with van der Waals surface area (Å²) in [7, 11) is 0. The number of aliphatic imine (C=N–C) groups is 1. The Morgan fingerprint density at radius 3 is 2.50 bits per heavy atom. The highest BCUT2D eigenvalue weighted by atomic mass is 19.1. The summed E-state index contributed by atoms with van der Waals surface area (Å²) in [5.74, 6) is -0.166. The topological polar surface area (TPSA) is 59.9 Å². The molecule has 0 aromatic heterocycles. The number of rotatable bonds is 6. The van der Waals surface area contributed by atoms with E-state index in [0.717, 1.165) is 37.5 Å². The molecule has 3 N–H and O–H groups in total. The predicted molar refractivity (Wildman–Crippen MR) is 118 cm³/mol. The molecule has 2 saturated heterocycles. The molecule has 2 fully saturated rings. The van der Waals surface area contributed by atoms with Gasteiger partial charge in [-0.1, -0.05) is 36.4 Å². The molecule has 0 spiro atoms. The van der Waals surface area contributed by atoms with Crippen LogP contribution in [0.25, 0.3) is 0 Å². The minimum atomic E-state index is -0.608. The minimum absolute atomic E-state index is 0.328. The second-order valence-electron chi connectivity index (χ2n) is 8.34. The maximum atomic E-state index is 13.6. The number of nitrogens with one attached hydrogen (secondary N) is 2. The quantitative estimate of drug-likeness (QED) is 0.501. The molecule has 2 aromatic rings. The van der Waals surface area contributed by atoms with Crippen molar-refractivity contribution in [2.75, 3.05) is 6.54 Å². The first-order valence-electron chi connectivity index (χ1n) is 10.9. The number of hydrogen-bond acceptors (Lipinski definition) is 3. The van der Waals surface area contributed by atoms with E-state index < -0.39 is 5.82 Å². The van der Waals surface area contributed by atoms with Crippen molar-refractivity contribution in [2.24, 2.45) is 4.99 Å². The maximum absolute atomic E-state index is 13.6. The molecule has 2 unspecified atom stereocenters. The monoisotopic (exact) mass is 410 g/mol. The predicted octanol–water partition coefficient (Wildman–Crippen LogP) is 3.78. The van der Waals surface area contributed by atoms with Gasteiger partial charge in [0.2, 0.25) is 0 Å². The zero-order chi connectivity index (χ0) is 20.9. The largest absolute Gasteiger partial charge is 0.505 e. The molecule has 0 aliphatic carbocycles. The number of halogens is 1. The first-order chi connectivity index (χ1) is 14.6. The van der Waals surface area contributed by atoms with E-state index in [0.29, 0.717) is 24.7 Å². The molecule has 6 heteroatoms. The molecule has 2 aromatic carbocycles. The number of phenols is 1. The molecular formula is C24H31FN4O. The fourth-order valence-electron chi connectivity index (χ4n) is 4.78. The van der Waals surface area contributed by atoms with Gasteiger partial charge in [-0.15, -0.1) is 0 Å². The van der Waals surface area contributed by atoms with E-state index in [1.165, 1.54) is 30.5 Å². The third-order valence-corrected chi connectivity index (χ3v) is 6.21. The Kier molecular flexibility index (Phi) is 6.53. The number of aromatic hydroxyl groups is 1. The van der Waals surface area contributed by atoms with Crippen molar-refractivity contribution < 1.29 is 9.50 Å². The van der Waals surface area contributed by atoms with Crippen LogP contribution in [0, 0.1) is 5.82 Å². The van der Waals surface area contributed by atoms with Crippen LogP contribution in [0.3, 0.4) is 0 Å². The highest BCUT2D eigenvalue weighted by Gasteiger charge is 2.40. The van der Waals surface area contributed by atoms with E-state index >= 15 is 0 Å². The van der Waals surface area contributed by atoms with E-state index in [1.807, 2.05) is 6.92 Å². The smallest absolute Gasteiger partial charge is 0.191 e. The van der Waals surface area contributed by atoms with Gasteiger partial charge in [0.1, 0.15) is 0 Å². The van der Waals surface area contributed by atoms with Crippen LogP contribution in [0.1, 0.15) is 43.7 Å². The Bertz CT molecular complexity index is 859. The Labute approximate surface area is 178 Å². The number of phenolic OH excluding ortho intramolecular Hbond substituents is 1. The summed E-state index contributed by atoms with van der Waals surface area (Å²) < 4.78 is 13.6. The molecule has 5 nitrogen and oxygen atoms in total. The summed E-state index contributed by atoms with van der Waals surface area (Å²) in [5.41, 5.74) is 2.12. The van der Waals surface area contributed by atoms with Gasteiger partial charge in [0.15, 0.2) is 17.5 Å². The summed E-state index contributed by atoms with van der Waals surface area (Å²) >= 11 is 0. The fourth-order valence-corrected chi connectivity index (χ4v) is 4.78. The van der Waals surface area contributed by atoms with Gasteiger partial charge in [-0.05, 0) is 55.9 Å². The van der Waals surface area contributed by atoms with E-state index in [-0.39, 0.29) is 5.75 Å². The van der Waals surface area contributed by atoms with Gasteiger partial charge in [0.05, 0.1) is 6.54 Å². The van der Waals surface area contributed by atoms with Gasteiger partial charge in [-0.25, -0.2) is 9.38 Å². The van der Waals surface area contributed by atoms with Crippen molar-refractivity contribution in [3.05, 3.63) is 65.5 Å². The van der Waals surface area contributed by atoms with Crippen molar-refractivity contribution in [2.45, 2.75) is 63.8 Å². The highest BCUT2D eigenvalue weighted by molar-refractivity contribution is 5.80. The summed E-state index contributed by atoms with van der Waals surface area (Å²) in [4.78, 5) is 7.32. The SMILES string of the molecule is CCNC(=NCc1ccc(O)c(F)c1)NC1CC2CCC(C1)N2Cc1ccccc1. The van der Waals surface area contributed by atoms with Gasteiger partial charge in [0.25, 0.3) is 0 Å². The second kappa shape index (κ2) is 9.47. The molecule has 2 bridgehead atoms. The molecule has 2 heterocycles. The van der Waals surface area contributed by atoms with E-state index in [1.54, 1.807) is 6.07 Å². The van der Waals surface area contributed by atoms with Crippen molar-refractivity contribution in [1.82, 2.24) is 15.5 Å². The lowest BCUT2D eigenvalue weighted by Crippen LogP contribution is -2.52. The first kappa shape index (κ1) is 20.7. The Balaban J connectivity index is 1.37. The average Bonchev–Trinajstić information content (AvgIpc) is 2.97. The van der Waals surface area contributed by atoms with Gasteiger partial charge in [-0.2, -0.15) is 0 Å². The summed E-state index contributed by atoms with van der Waals surface area (Å²) in [6.07, 6.45) is 4.75. The number of benzene rings is 2. The number of hydrogen-bond donors (Lipinski definition) is 3. The lowest BCUT2D eigenvalue weighted by atomic mass is 9.96. The molecule has 30 heavy (non-hydrogen) atoms. The third kappa shape index (κ3) is 4.93. The zero-order valence-electron chi connectivity index (χ0n) is 17.5. The lowest BCUT2D eigenvalue weighted by molar-refractivity contribution is 0.114. The minimum Gasteiger partial charge on any atom is -0.505 e. The van der Waals surface area contributed by atoms with Crippen molar-refractivity contribution in [3.63, 3.8) is 0 Å². The molecule has 4 rings (SSSR count). The number of guanidine groups is 1. The molecule has 0 saturated carbocycles. The highest BCUT2D eigenvalue weighted by Crippen LogP contribution is 2.36. The number of piperidine rings is 1. The van der Waals surface area contributed by atoms with Gasteiger partial charge in [0, 0.05) is 31.2 Å². The lowest BCUT2D eigenvalue weighted by Gasteiger charge is -2.39. The van der Waals surface area contributed by atoms with Gasteiger partial charge in [-0.3, -0.25) is 4.90 Å². The Morgan fingerprint density at radius 2 is 1.83 bits per heavy atom. The van der Waals surface area contributed by atoms with Crippen LogP contribution in [-0.2, 0) is 13.1 Å².